The van der Waals surface area contributed by atoms with Gasteiger partial charge in [-0.25, -0.2) is 0 Å². The van der Waals surface area contributed by atoms with Gasteiger partial charge < -0.3 is 80.8 Å². The largest absolute Gasteiger partial charge is 0.508 e. The molecule has 27 nitrogen and oxygen atoms in total. The Kier molecular flexibility index (Phi) is 28.6. The lowest BCUT2D eigenvalue weighted by molar-refractivity contribution is -0.142. The van der Waals surface area contributed by atoms with Crippen molar-refractivity contribution in [2.45, 2.75) is 178 Å². The maximum Gasteiger partial charge on any atom is 0.246 e. The minimum absolute atomic E-state index is 0.0262. The number of phenolic OH excluding ortho intramolecular Hbond substituents is 1. The van der Waals surface area contributed by atoms with Crippen molar-refractivity contribution in [1.82, 2.24) is 52.8 Å². The molecule has 3 aromatic rings. The predicted octanol–water partition coefficient (Wildman–Crippen LogP) is -1.50. The number of nitrogens with two attached hydrogens (primary N) is 4. The first-order valence-electron chi connectivity index (χ1n) is 30.7. The molecule has 3 aromatic carbocycles. The number of amides is 12. The maximum atomic E-state index is 15.1. The number of benzene rings is 3. The zero-order valence-electron chi connectivity index (χ0n) is 51.6. The average Bonchev–Trinajstić information content (AvgIpc) is 2.10. The van der Waals surface area contributed by atoms with E-state index in [4.69, 9.17) is 22.9 Å². The number of carbonyl (C=O) groups excluding carboxylic acids is 12. The van der Waals surface area contributed by atoms with Crippen molar-refractivity contribution in [1.29, 1.82) is 0 Å². The van der Waals surface area contributed by atoms with Crippen LogP contribution in [0.5, 0.6) is 5.75 Å². The molecule has 10 atom stereocenters. The van der Waals surface area contributed by atoms with E-state index in [0.29, 0.717) is 29.5 Å². The predicted molar refractivity (Wildman–Crippen MR) is 332 cm³/mol. The quantitative estimate of drug-likeness (QED) is 0.0540. The number of rotatable bonds is 21. The van der Waals surface area contributed by atoms with Gasteiger partial charge in [0.15, 0.2) is 0 Å². The highest BCUT2D eigenvalue weighted by Gasteiger charge is 2.42. The fraction of sp³-hybridized carbons (Fsp3) is 0.524. The highest BCUT2D eigenvalue weighted by Crippen LogP contribution is 2.22. The van der Waals surface area contributed by atoms with Gasteiger partial charge >= 0.3 is 0 Å². The van der Waals surface area contributed by atoms with Crippen molar-refractivity contribution in [3.05, 3.63) is 102 Å². The van der Waals surface area contributed by atoms with E-state index < -0.39 is 156 Å². The van der Waals surface area contributed by atoms with Crippen LogP contribution < -0.4 is 70.8 Å². The molecule has 0 aromatic heterocycles. The molecule has 0 bridgehead atoms. The highest BCUT2D eigenvalue weighted by atomic mass is 16.3. The Hall–Kier alpha value is -8.98. The van der Waals surface area contributed by atoms with Crippen molar-refractivity contribution < 1.29 is 62.6 Å². The third-order valence-corrected chi connectivity index (χ3v) is 15.5. The van der Waals surface area contributed by atoms with E-state index in [9.17, 15) is 57.8 Å². The van der Waals surface area contributed by atoms with E-state index in [1.54, 1.807) is 74.5 Å². The molecule has 18 N–H and O–H groups in total. The van der Waals surface area contributed by atoms with Crippen LogP contribution in [0.4, 0.5) is 0 Å². The molecule has 0 aliphatic carbocycles. The normalized spacial score (nSPS) is 24.2. The average molecular weight is 1250 g/mol. The number of nitrogens with one attached hydrogen (secondary N) is 9. The van der Waals surface area contributed by atoms with E-state index in [1.165, 1.54) is 29.2 Å². The van der Waals surface area contributed by atoms with Crippen molar-refractivity contribution in [2.24, 2.45) is 34.8 Å². The van der Waals surface area contributed by atoms with Crippen molar-refractivity contribution in [3.63, 3.8) is 0 Å². The van der Waals surface area contributed by atoms with Gasteiger partial charge in [0, 0.05) is 32.2 Å². The summed E-state index contributed by atoms with van der Waals surface area (Å²) in [4.78, 5) is 173. The summed E-state index contributed by atoms with van der Waals surface area (Å²) in [6.07, 6.45) is -0.934. The monoisotopic (exact) mass is 1250 g/mol. The Morgan fingerprint density at radius 3 is 1.42 bits per heavy atom. The van der Waals surface area contributed by atoms with E-state index in [0.717, 1.165) is 0 Å². The molecular formula is C63H90N14O13. The fourth-order valence-electron chi connectivity index (χ4n) is 10.7. The second kappa shape index (κ2) is 35.9. The zero-order valence-corrected chi connectivity index (χ0v) is 51.6. The van der Waals surface area contributed by atoms with Crippen LogP contribution in [-0.2, 0) is 76.8 Å². The van der Waals surface area contributed by atoms with Crippen LogP contribution >= 0.6 is 0 Å². The van der Waals surface area contributed by atoms with E-state index in [1.807, 2.05) is 13.8 Å². The molecule has 5 rings (SSSR count). The molecule has 2 fully saturated rings. The molecule has 0 spiro atoms. The number of phenols is 1. The van der Waals surface area contributed by atoms with Gasteiger partial charge in [0.1, 0.15) is 66.2 Å². The number of hydrogen-bond donors (Lipinski definition) is 14. The molecule has 2 saturated heterocycles. The third-order valence-electron chi connectivity index (χ3n) is 15.5. The second-order valence-electron chi connectivity index (χ2n) is 23.7. The van der Waals surface area contributed by atoms with Crippen LogP contribution in [0.2, 0.25) is 0 Å². The van der Waals surface area contributed by atoms with Crippen molar-refractivity contribution in [2.75, 3.05) is 19.6 Å². The molecule has 2 aliphatic heterocycles. The first-order chi connectivity index (χ1) is 42.9. The van der Waals surface area contributed by atoms with Crippen LogP contribution in [0.3, 0.4) is 0 Å². The molecule has 490 valence electrons. The van der Waals surface area contributed by atoms with Gasteiger partial charge in [0.25, 0.3) is 0 Å². The lowest BCUT2D eigenvalue weighted by Gasteiger charge is -2.32. The maximum absolute atomic E-state index is 15.1. The van der Waals surface area contributed by atoms with Crippen LogP contribution in [0.1, 0.15) is 115 Å². The Bertz CT molecular complexity index is 2950. The first kappa shape index (κ1) is 71.8. The highest BCUT2D eigenvalue weighted by molar-refractivity contribution is 6.00. The number of primary amides is 2. The van der Waals surface area contributed by atoms with Gasteiger partial charge in [-0.2, -0.15) is 0 Å². The Morgan fingerprint density at radius 1 is 0.478 bits per heavy atom. The summed E-state index contributed by atoms with van der Waals surface area (Å²) in [5, 5.41) is 34.2. The van der Waals surface area contributed by atoms with Crippen LogP contribution in [0.25, 0.3) is 0 Å². The van der Waals surface area contributed by atoms with Crippen molar-refractivity contribution in [3.8, 4) is 5.75 Å². The van der Waals surface area contributed by atoms with Crippen LogP contribution in [0, 0.1) is 11.8 Å². The summed E-state index contributed by atoms with van der Waals surface area (Å²) in [7, 11) is 0. The van der Waals surface area contributed by atoms with Crippen LogP contribution in [-0.4, -0.2) is 161 Å². The molecule has 90 heavy (non-hydrogen) atoms. The summed E-state index contributed by atoms with van der Waals surface area (Å²) >= 11 is 0. The summed E-state index contributed by atoms with van der Waals surface area (Å²) in [6.45, 7) is 7.24. The van der Waals surface area contributed by atoms with Gasteiger partial charge in [0.2, 0.25) is 70.9 Å². The van der Waals surface area contributed by atoms with Gasteiger partial charge in [-0.3, -0.25) is 57.5 Å². The van der Waals surface area contributed by atoms with Gasteiger partial charge in [0.05, 0.1) is 6.42 Å². The van der Waals surface area contributed by atoms with E-state index in [-0.39, 0.29) is 89.1 Å². The molecule has 0 saturated carbocycles. The number of aromatic hydroxyl groups is 1. The number of unbranched alkanes of at least 4 members (excludes halogenated alkanes) is 1. The summed E-state index contributed by atoms with van der Waals surface area (Å²) in [5.74, 6) is -11.7. The molecular weight excluding hydrogens is 1160 g/mol. The lowest BCUT2D eigenvalue weighted by Crippen LogP contribution is -2.62. The molecule has 12 amide bonds. The summed E-state index contributed by atoms with van der Waals surface area (Å²) in [6, 6.07) is 8.62. The molecule has 2 heterocycles. The summed E-state index contributed by atoms with van der Waals surface area (Å²) < 4.78 is 0. The van der Waals surface area contributed by atoms with Gasteiger partial charge in [-0.1, -0.05) is 100 Å². The van der Waals surface area contributed by atoms with Gasteiger partial charge in [-0.05, 0) is 112 Å². The number of nitrogens with zero attached hydrogens (tertiary/aromatic N) is 1. The van der Waals surface area contributed by atoms with E-state index >= 15 is 4.79 Å². The standard InChI is InChI=1S/C63H90N14O13/c1-36(2)31-45-57(84)75-49(34-39-17-9-6-10-18-39)63(90)77-30-14-21-50(77)61(88)74-46(32-38-15-7-5-8-16-38)58(85)68-42(19-11-12-28-64)54(81)73-48(35-52(67)80)59(86)69-44(26-27-51(66)79)56(83)72-47(33-40-22-24-41(78)25-23-40)60(87)76-53(37(3)4)62(89)70-43(20-13-29-65)55(82)71-45/h5-10,15-18,22-25,36-37,42-50,53,78H,11-14,19-21,26-35,64-65H2,1-4H3,(H2,66,79)(H2,67,80)(H,68,85)(H,69,86)(H,70,89)(H,71,82)(H,72,83)(H,73,81)(H,74,88)(H,75,84)(H,76,87)/t42-,43+,44+,45+,46+,47+,48+,49-,50+,53+/m1/s1. The van der Waals surface area contributed by atoms with Crippen molar-refractivity contribution >= 4 is 70.9 Å². The fourth-order valence-corrected chi connectivity index (χ4v) is 10.7. The minimum Gasteiger partial charge on any atom is -0.508 e. The lowest BCUT2D eigenvalue weighted by atomic mass is 9.99. The SMILES string of the molecule is CC(C)C[C@@H]1NC(=O)[C@H](CCCN)NC(=O)[C@H](C(C)C)NC(=O)[C@H](Cc2ccc(O)cc2)NC(=O)[C@H](CCC(N)=O)NC(=O)[C@H](CC(N)=O)NC(=O)[C@@H](CCCCN)NC(=O)[C@H](Cc2ccccc2)NC(=O)[C@@H]2CCCN2C(=O)[C@@H](Cc2ccccc2)NC1=O. The molecule has 2 aliphatic rings. The number of hydrogen-bond acceptors (Lipinski definition) is 15. The first-order valence-corrected chi connectivity index (χ1v) is 30.7. The Labute approximate surface area is 524 Å². The number of fused-ring (bicyclic) bond motifs is 1. The van der Waals surface area contributed by atoms with Gasteiger partial charge in [-0.15, -0.1) is 0 Å². The zero-order chi connectivity index (χ0) is 66.0. The Morgan fingerprint density at radius 2 is 0.900 bits per heavy atom. The molecule has 0 radical (unpaired) electrons. The molecule has 0 unspecified atom stereocenters. The minimum atomic E-state index is -1.83. The topological polar surface area (TPSA) is 441 Å². The number of carbonyl (C=O) groups is 12. The molecule has 27 heteroatoms. The Balaban J connectivity index is 1.64. The summed E-state index contributed by atoms with van der Waals surface area (Å²) in [5.41, 5.74) is 24.5. The second-order valence-corrected chi connectivity index (χ2v) is 23.7. The van der Waals surface area contributed by atoms with Crippen LogP contribution in [0.15, 0.2) is 84.9 Å². The van der Waals surface area contributed by atoms with E-state index in [2.05, 4.69) is 47.9 Å². The smallest absolute Gasteiger partial charge is 0.246 e. The third kappa shape index (κ3) is 22.9.